The second kappa shape index (κ2) is 11.7. The fourth-order valence-corrected chi connectivity index (χ4v) is 5.52. The van der Waals surface area contributed by atoms with Crippen LogP contribution >= 0.6 is 0 Å². The molecule has 0 bridgehead atoms. The second-order valence-electron chi connectivity index (χ2n) is 11.1. The molecule has 1 aromatic heterocycles. The Morgan fingerprint density at radius 1 is 0.951 bits per heavy atom. The lowest BCUT2D eigenvalue weighted by atomic mass is 9.97. The molecule has 214 valence electrons. The van der Waals surface area contributed by atoms with E-state index in [9.17, 15) is 9.59 Å². The Morgan fingerprint density at radius 3 is 2.46 bits per heavy atom. The van der Waals surface area contributed by atoms with Gasteiger partial charge in [-0.05, 0) is 85.2 Å². The number of hydrogen-bond donors (Lipinski definition) is 0. The Balaban J connectivity index is 1.58. The zero-order valence-corrected chi connectivity index (χ0v) is 24.6. The molecular formula is C34H37NO6. The van der Waals surface area contributed by atoms with Crippen molar-refractivity contribution in [2.75, 3.05) is 27.4 Å². The first kappa shape index (κ1) is 28.3. The molecule has 0 fully saturated rings. The first-order valence-electron chi connectivity index (χ1n) is 14.0. The third-order valence-corrected chi connectivity index (χ3v) is 7.62. The maximum atomic E-state index is 14.1. The quantitative estimate of drug-likeness (QED) is 0.218. The van der Waals surface area contributed by atoms with Crippen LogP contribution in [0.25, 0.3) is 11.0 Å². The third kappa shape index (κ3) is 5.53. The van der Waals surface area contributed by atoms with E-state index in [0.717, 1.165) is 28.7 Å². The highest BCUT2D eigenvalue weighted by atomic mass is 16.5. The van der Waals surface area contributed by atoms with Crippen LogP contribution in [-0.2, 0) is 6.42 Å². The van der Waals surface area contributed by atoms with E-state index in [1.54, 1.807) is 19.1 Å². The predicted molar refractivity (Wildman–Crippen MR) is 159 cm³/mol. The minimum Gasteiger partial charge on any atom is -0.494 e. The van der Waals surface area contributed by atoms with E-state index in [4.69, 9.17) is 18.6 Å². The molecule has 1 unspecified atom stereocenters. The van der Waals surface area contributed by atoms with Gasteiger partial charge in [0.25, 0.3) is 5.91 Å². The summed E-state index contributed by atoms with van der Waals surface area (Å²) in [6.07, 6.45) is 1.48. The van der Waals surface area contributed by atoms with Crippen LogP contribution in [0, 0.1) is 19.8 Å². The number of hydrogen-bond acceptors (Lipinski definition) is 6. The van der Waals surface area contributed by atoms with Crippen molar-refractivity contribution >= 4 is 16.9 Å². The summed E-state index contributed by atoms with van der Waals surface area (Å²) in [6.45, 7) is 9.13. The number of fused-ring (bicyclic) bond motifs is 2. The molecule has 4 aromatic rings. The number of nitrogens with zero attached hydrogens (tertiary/aromatic N) is 1. The largest absolute Gasteiger partial charge is 0.494 e. The van der Waals surface area contributed by atoms with Gasteiger partial charge in [0.15, 0.2) is 16.9 Å². The summed E-state index contributed by atoms with van der Waals surface area (Å²) in [5, 5.41) is 0.491. The summed E-state index contributed by atoms with van der Waals surface area (Å²) in [5.74, 6) is 2.31. The molecule has 41 heavy (non-hydrogen) atoms. The van der Waals surface area contributed by atoms with Gasteiger partial charge in [0, 0.05) is 6.54 Å². The van der Waals surface area contributed by atoms with Crippen molar-refractivity contribution in [3.63, 3.8) is 0 Å². The van der Waals surface area contributed by atoms with Gasteiger partial charge in [0.05, 0.1) is 37.8 Å². The van der Waals surface area contributed by atoms with Crippen LogP contribution in [0.2, 0.25) is 0 Å². The van der Waals surface area contributed by atoms with Crippen molar-refractivity contribution in [3.8, 4) is 17.2 Å². The number of benzene rings is 3. The number of aryl methyl sites for hydroxylation is 2. The highest BCUT2D eigenvalue weighted by Crippen LogP contribution is 2.40. The SMILES string of the molecule is COc1ccc(CCN2C(=O)c3oc4c(C)cc(C)cc4c(=O)c3C2c2cccc(OCCC(C)C)c2)cc1OC. The average molecular weight is 556 g/mol. The monoisotopic (exact) mass is 555 g/mol. The lowest BCUT2D eigenvalue weighted by Gasteiger charge is -2.25. The Hall–Kier alpha value is -4.26. The lowest BCUT2D eigenvalue weighted by molar-refractivity contribution is 0.0729. The van der Waals surface area contributed by atoms with Crippen LogP contribution in [0.15, 0.2) is 63.8 Å². The molecule has 1 aliphatic rings. The summed E-state index contributed by atoms with van der Waals surface area (Å²) in [7, 11) is 3.19. The molecule has 0 saturated heterocycles. The van der Waals surface area contributed by atoms with Crippen LogP contribution in [0.3, 0.4) is 0 Å². The van der Waals surface area contributed by atoms with E-state index < -0.39 is 6.04 Å². The summed E-state index contributed by atoms with van der Waals surface area (Å²) in [4.78, 5) is 29.7. The Labute approximate surface area is 240 Å². The fourth-order valence-electron chi connectivity index (χ4n) is 5.52. The first-order chi connectivity index (χ1) is 19.7. The van der Waals surface area contributed by atoms with Crippen LogP contribution in [0.5, 0.6) is 17.2 Å². The van der Waals surface area contributed by atoms with E-state index in [1.807, 2.05) is 68.4 Å². The van der Waals surface area contributed by atoms with Crippen molar-refractivity contribution in [3.05, 3.63) is 98.4 Å². The molecule has 2 heterocycles. The topological polar surface area (TPSA) is 78.2 Å². The predicted octanol–water partition coefficient (Wildman–Crippen LogP) is 6.64. The molecule has 5 rings (SSSR count). The summed E-state index contributed by atoms with van der Waals surface area (Å²) in [5.41, 5.74) is 4.24. The number of amides is 1. The molecule has 7 heteroatoms. The summed E-state index contributed by atoms with van der Waals surface area (Å²) >= 11 is 0. The van der Waals surface area contributed by atoms with Crippen molar-refractivity contribution < 1.29 is 23.4 Å². The number of ether oxygens (including phenoxy) is 3. The third-order valence-electron chi connectivity index (χ3n) is 7.62. The van der Waals surface area contributed by atoms with Crippen LogP contribution in [0.1, 0.15) is 64.7 Å². The molecule has 3 aromatic carbocycles. The Kier molecular flexibility index (Phi) is 8.06. The number of rotatable bonds is 10. The van der Waals surface area contributed by atoms with E-state index in [1.165, 1.54) is 0 Å². The molecule has 1 aliphatic heterocycles. The van der Waals surface area contributed by atoms with E-state index >= 15 is 0 Å². The molecule has 0 spiro atoms. The Bertz CT molecular complexity index is 1650. The molecular weight excluding hydrogens is 518 g/mol. The molecule has 1 atom stereocenters. The number of carbonyl (C=O) groups is 1. The average Bonchev–Trinajstić information content (AvgIpc) is 3.23. The van der Waals surface area contributed by atoms with Crippen LogP contribution in [0.4, 0.5) is 0 Å². The first-order valence-corrected chi connectivity index (χ1v) is 14.0. The Morgan fingerprint density at radius 2 is 1.73 bits per heavy atom. The van der Waals surface area contributed by atoms with Gasteiger partial charge < -0.3 is 23.5 Å². The van der Waals surface area contributed by atoms with Crippen molar-refractivity contribution in [2.24, 2.45) is 5.92 Å². The maximum absolute atomic E-state index is 14.1. The minimum absolute atomic E-state index is 0.109. The molecule has 1 amide bonds. The van der Waals surface area contributed by atoms with Gasteiger partial charge in [0.2, 0.25) is 5.76 Å². The lowest BCUT2D eigenvalue weighted by Crippen LogP contribution is -2.31. The van der Waals surface area contributed by atoms with Gasteiger partial charge in [-0.1, -0.05) is 38.1 Å². The highest BCUT2D eigenvalue weighted by Gasteiger charge is 2.42. The van der Waals surface area contributed by atoms with Gasteiger partial charge >= 0.3 is 0 Å². The summed E-state index contributed by atoms with van der Waals surface area (Å²) < 4.78 is 23.1. The molecule has 0 saturated carbocycles. The molecule has 0 radical (unpaired) electrons. The van der Waals surface area contributed by atoms with Crippen molar-refractivity contribution in [2.45, 2.75) is 46.6 Å². The van der Waals surface area contributed by atoms with Crippen molar-refractivity contribution in [1.29, 1.82) is 0 Å². The number of carbonyl (C=O) groups excluding carboxylic acids is 1. The molecule has 7 nitrogen and oxygen atoms in total. The smallest absolute Gasteiger partial charge is 0.290 e. The van der Waals surface area contributed by atoms with E-state index in [-0.39, 0.29) is 17.1 Å². The fraction of sp³-hybridized carbons (Fsp3) is 0.353. The normalized spacial score (nSPS) is 14.6. The highest BCUT2D eigenvalue weighted by molar-refractivity contribution is 5.99. The van der Waals surface area contributed by atoms with Gasteiger partial charge in [-0.25, -0.2) is 0 Å². The minimum atomic E-state index is -0.604. The van der Waals surface area contributed by atoms with Gasteiger partial charge in [0.1, 0.15) is 11.3 Å². The van der Waals surface area contributed by atoms with Crippen molar-refractivity contribution in [1.82, 2.24) is 4.90 Å². The summed E-state index contributed by atoms with van der Waals surface area (Å²) in [6, 6.07) is 16.6. The van der Waals surface area contributed by atoms with Crippen LogP contribution < -0.4 is 19.6 Å². The second-order valence-corrected chi connectivity index (χ2v) is 11.1. The van der Waals surface area contributed by atoms with Gasteiger partial charge in [-0.2, -0.15) is 0 Å². The zero-order chi connectivity index (χ0) is 29.3. The van der Waals surface area contributed by atoms with Crippen LogP contribution in [-0.4, -0.2) is 38.2 Å². The number of methoxy groups -OCH3 is 2. The molecule has 0 aliphatic carbocycles. The van der Waals surface area contributed by atoms with E-state index in [0.29, 0.717) is 59.3 Å². The maximum Gasteiger partial charge on any atom is 0.290 e. The molecule has 0 N–H and O–H groups in total. The van der Waals surface area contributed by atoms with Gasteiger partial charge in [-0.15, -0.1) is 0 Å². The zero-order valence-electron chi connectivity index (χ0n) is 24.6. The standard InChI is InChI=1S/C34H37NO6/c1-20(2)13-15-40-25-9-7-8-24(19-25)30-29-31(36)26-17-21(3)16-22(4)32(26)41-33(29)34(37)35(30)14-12-23-10-11-27(38-5)28(18-23)39-6/h7-11,16-20,30H,12-15H2,1-6H3. The van der Waals surface area contributed by atoms with Gasteiger partial charge in [-0.3, -0.25) is 9.59 Å². The van der Waals surface area contributed by atoms with E-state index in [2.05, 4.69) is 13.8 Å².